The highest BCUT2D eigenvalue weighted by Gasteiger charge is 2.30. The molecular weight excluding hydrogens is 258 g/mol. The van der Waals surface area contributed by atoms with Crippen molar-refractivity contribution >= 4 is 9.84 Å². The summed E-state index contributed by atoms with van der Waals surface area (Å²) in [5.41, 5.74) is 1.24. The summed E-state index contributed by atoms with van der Waals surface area (Å²) in [6, 6.07) is 8.93. The lowest BCUT2D eigenvalue weighted by Gasteiger charge is -2.26. The predicted molar refractivity (Wildman–Crippen MR) is 75.2 cm³/mol. The van der Waals surface area contributed by atoms with E-state index in [9.17, 15) is 8.42 Å². The van der Waals surface area contributed by atoms with Gasteiger partial charge in [-0.05, 0) is 36.5 Å². The minimum Gasteiger partial charge on any atom is -0.228 e. The fourth-order valence-electron chi connectivity index (χ4n) is 2.79. The lowest BCUT2D eigenvalue weighted by Crippen LogP contribution is -2.28. The number of rotatable bonds is 3. The summed E-state index contributed by atoms with van der Waals surface area (Å²) in [7, 11) is -3.10. The summed E-state index contributed by atoms with van der Waals surface area (Å²) in [5, 5.41) is 8.64. The second-order valence-corrected chi connectivity index (χ2v) is 7.79. The second-order valence-electron chi connectivity index (χ2n) is 5.51. The van der Waals surface area contributed by atoms with Crippen molar-refractivity contribution < 1.29 is 8.42 Å². The Bertz CT molecular complexity index is 586. The molecule has 1 aliphatic carbocycles. The normalized spacial score (nSPS) is 23.8. The molecule has 4 heteroatoms. The molecule has 1 aromatic rings. The number of nitriles is 1. The van der Waals surface area contributed by atoms with Gasteiger partial charge < -0.3 is 0 Å². The number of hydrogen-bond donors (Lipinski definition) is 0. The molecule has 0 radical (unpaired) electrons. The Labute approximate surface area is 115 Å². The molecule has 0 N–H and O–H groups in total. The summed E-state index contributed by atoms with van der Waals surface area (Å²) in [5.74, 6) is 0.555. The molecule has 1 aliphatic rings. The fourth-order valence-corrected chi connectivity index (χ4v) is 4.81. The van der Waals surface area contributed by atoms with Crippen LogP contribution in [0, 0.1) is 17.2 Å². The molecule has 0 spiro atoms. The molecule has 0 aliphatic heterocycles. The predicted octanol–water partition coefficient (Wildman–Crippen LogP) is 3.05. The molecule has 0 heterocycles. The van der Waals surface area contributed by atoms with Crippen molar-refractivity contribution in [2.45, 2.75) is 43.6 Å². The van der Waals surface area contributed by atoms with Crippen molar-refractivity contribution in [3.8, 4) is 6.07 Å². The van der Waals surface area contributed by atoms with Crippen molar-refractivity contribution in [2.75, 3.05) is 0 Å². The smallest absolute Gasteiger partial charge is 0.157 e. The van der Waals surface area contributed by atoms with Crippen LogP contribution >= 0.6 is 0 Å². The molecule has 2 rings (SSSR count). The fraction of sp³-hybridized carbons (Fsp3) is 0.533. The monoisotopic (exact) mass is 277 g/mol. The molecular formula is C15H19NO2S. The van der Waals surface area contributed by atoms with E-state index in [1.165, 1.54) is 0 Å². The molecule has 1 saturated carbocycles. The quantitative estimate of drug-likeness (QED) is 0.853. The van der Waals surface area contributed by atoms with Crippen molar-refractivity contribution in [2.24, 2.45) is 5.92 Å². The van der Waals surface area contributed by atoms with Gasteiger partial charge >= 0.3 is 0 Å². The van der Waals surface area contributed by atoms with Gasteiger partial charge in [0.1, 0.15) is 0 Å². The van der Waals surface area contributed by atoms with E-state index in [2.05, 4.69) is 6.92 Å². The van der Waals surface area contributed by atoms with Gasteiger partial charge in [0.25, 0.3) is 0 Å². The van der Waals surface area contributed by atoms with E-state index in [0.29, 0.717) is 11.5 Å². The molecule has 1 aromatic carbocycles. The zero-order valence-corrected chi connectivity index (χ0v) is 12.0. The van der Waals surface area contributed by atoms with Gasteiger partial charge in [0.15, 0.2) is 9.84 Å². The first-order chi connectivity index (χ1) is 9.01. The van der Waals surface area contributed by atoms with Crippen LogP contribution in [0.1, 0.15) is 43.7 Å². The SMILES string of the molecule is CC1CCCC(S(=O)(=O)Cc2cccc(C#N)c2)C1. The lowest BCUT2D eigenvalue weighted by atomic mass is 9.91. The first-order valence-corrected chi connectivity index (χ1v) is 8.43. The molecule has 0 bridgehead atoms. The van der Waals surface area contributed by atoms with E-state index in [-0.39, 0.29) is 11.0 Å². The zero-order valence-electron chi connectivity index (χ0n) is 11.2. The Morgan fingerprint density at radius 1 is 1.37 bits per heavy atom. The highest BCUT2D eigenvalue weighted by atomic mass is 32.2. The first kappa shape index (κ1) is 14.1. The minimum absolute atomic E-state index is 0.0555. The van der Waals surface area contributed by atoms with Gasteiger partial charge in [-0.2, -0.15) is 5.26 Å². The molecule has 19 heavy (non-hydrogen) atoms. The maximum Gasteiger partial charge on any atom is 0.157 e. The third-order valence-corrected chi connectivity index (χ3v) is 6.00. The highest BCUT2D eigenvalue weighted by Crippen LogP contribution is 2.30. The van der Waals surface area contributed by atoms with Crippen LogP contribution in [0.5, 0.6) is 0 Å². The van der Waals surface area contributed by atoms with Crippen molar-refractivity contribution in [3.05, 3.63) is 35.4 Å². The molecule has 1 fully saturated rings. The van der Waals surface area contributed by atoms with Gasteiger partial charge in [-0.25, -0.2) is 8.42 Å². The molecule has 2 atom stereocenters. The lowest BCUT2D eigenvalue weighted by molar-refractivity contribution is 0.382. The van der Waals surface area contributed by atoms with Gasteiger partial charge in [-0.15, -0.1) is 0 Å². The Kier molecular flexibility index (Phi) is 4.26. The van der Waals surface area contributed by atoms with Gasteiger partial charge in [-0.1, -0.05) is 31.9 Å². The molecule has 102 valence electrons. The van der Waals surface area contributed by atoms with E-state index in [1.807, 2.05) is 6.07 Å². The average Bonchev–Trinajstić information content (AvgIpc) is 2.38. The largest absolute Gasteiger partial charge is 0.228 e. The van der Waals surface area contributed by atoms with Gasteiger partial charge in [0.05, 0.1) is 22.6 Å². The Morgan fingerprint density at radius 3 is 2.84 bits per heavy atom. The highest BCUT2D eigenvalue weighted by molar-refractivity contribution is 7.91. The van der Waals surface area contributed by atoms with Gasteiger partial charge in [-0.3, -0.25) is 0 Å². The Morgan fingerprint density at radius 2 is 2.16 bits per heavy atom. The summed E-state index contributed by atoms with van der Waals surface area (Å²) < 4.78 is 24.8. The number of sulfone groups is 1. The summed E-state index contributed by atoms with van der Waals surface area (Å²) in [4.78, 5) is 0. The van der Waals surface area contributed by atoms with E-state index in [4.69, 9.17) is 5.26 Å². The van der Waals surface area contributed by atoms with Crippen molar-refractivity contribution in [1.29, 1.82) is 5.26 Å². The summed E-state index contributed by atoms with van der Waals surface area (Å²) in [6.07, 6.45) is 3.70. The zero-order chi connectivity index (χ0) is 13.9. The second kappa shape index (κ2) is 5.75. The van der Waals surface area contributed by atoms with Gasteiger partial charge in [0.2, 0.25) is 0 Å². The number of benzene rings is 1. The van der Waals surface area contributed by atoms with Gasteiger partial charge in [0, 0.05) is 0 Å². The first-order valence-electron chi connectivity index (χ1n) is 6.72. The maximum atomic E-state index is 12.4. The van der Waals surface area contributed by atoms with E-state index >= 15 is 0 Å². The van der Waals surface area contributed by atoms with Crippen LogP contribution in [0.2, 0.25) is 0 Å². The molecule has 0 saturated heterocycles. The third-order valence-electron chi connectivity index (χ3n) is 3.82. The van der Waals surface area contributed by atoms with E-state index < -0.39 is 9.84 Å². The van der Waals surface area contributed by atoms with Crippen molar-refractivity contribution in [1.82, 2.24) is 0 Å². The minimum atomic E-state index is -3.10. The Balaban J connectivity index is 2.14. The molecule has 3 nitrogen and oxygen atoms in total. The van der Waals surface area contributed by atoms with Crippen LogP contribution in [0.4, 0.5) is 0 Å². The summed E-state index contributed by atoms with van der Waals surface area (Å²) >= 11 is 0. The van der Waals surface area contributed by atoms with Crippen LogP contribution < -0.4 is 0 Å². The van der Waals surface area contributed by atoms with E-state index in [0.717, 1.165) is 31.2 Å². The van der Waals surface area contributed by atoms with Crippen LogP contribution in [-0.4, -0.2) is 13.7 Å². The number of hydrogen-bond acceptors (Lipinski definition) is 3. The van der Waals surface area contributed by atoms with Crippen molar-refractivity contribution in [3.63, 3.8) is 0 Å². The molecule has 0 aromatic heterocycles. The maximum absolute atomic E-state index is 12.4. The van der Waals surface area contributed by atoms with Crippen LogP contribution in [0.15, 0.2) is 24.3 Å². The van der Waals surface area contributed by atoms with Crippen LogP contribution in [0.25, 0.3) is 0 Å². The van der Waals surface area contributed by atoms with Crippen LogP contribution in [0.3, 0.4) is 0 Å². The van der Waals surface area contributed by atoms with E-state index in [1.54, 1.807) is 24.3 Å². The molecule has 0 amide bonds. The average molecular weight is 277 g/mol. The van der Waals surface area contributed by atoms with Crippen LogP contribution in [-0.2, 0) is 15.6 Å². The number of nitrogens with zero attached hydrogens (tertiary/aromatic N) is 1. The standard InChI is InChI=1S/C15H19NO2S/c1-12-4-2-7-15(8-12)19(17,18)11-14-6-3-5-13(9-14)10-16/h3,5-6,9,12,15H,2,4,7-8,11H2,1H3. The Hall–Kier alpha value is -1.34. The molecule has 2 unspecified atom stereocenters. The topological polar surface area (TPSA) is 57.9 Å². The summed E-state index contributed by atoms with van der Waals surface area (Å²) in [6.45, 7) is 2.12. The third kappa shape index (κ3) is 3.57.